The first kappa shape index (κ1) is 14.0. The Hall–Kier alpha value is -1.10. The van der Waals surface area contributed by atoms with Gasteiger partial charge in [0.1, 0.15) is 5.54 Å². The Balaban J connectivity index is 2.65. The van der Waals surface area contributed by atoms with Crippen molar-refractivity contribution in [2.75, 3.05) is 13.1 Å². The molecule has 5 nitrogen and oxygen atoms in total. The van der Waals surface area contributed by atoms with E-state index in [1.54, 1.807) is 0 Å². The highest BCUT2D eigenvalue weighted by atomic mass is 16.4. The second-order valence-electron chi connectivity index (χ2n) is 4.92. The number of aliphatic carboxylic acids is 1. The van der Waals surface area contributed by atoms with Crippen molar-refractivity contribution in [3.05, 3.63) is 0 Å². The third kappa shape index (κ3) is 3.70. The number of likely N-dealkylation sites (N-methyl/N-ethyl adjacent to an activating group) is 1. The van der Waals surface area contributed by atoms with Crippen LogP contribution in [-0.4, -0.2) is 35.6 Å². The zero-order chi connectivity index (χ0) is 12.9. The van der Waals surface area contributed by atoms with E-state index < -0.39 is 11.5 Å². The molecule has 0 heterocycles. The van der Waals surface area contributed by atoms with Gasteiger partial charge in [0.2, 0.25) is 5.91 Å². The Bertz CT molecular complexity index is 293. The number of carbonyl (C=O) groups excluding carboxylic acids is 1. The average molecular weight is 242 g/mol. The highest BCUT2D eigenvalue weighted by Gasteiger charge is 2.42. The lowest BCUT2D eigenvalue weighted by Crippen LogP contribution is -2.58. The Kier molecular flexibility index (Phi) is 4.93. The molecule has 0 aromatic heterocycles. The number of hydrogen-bond acceptors (Lipinski definition) is 3. The molecular formula is C12H22N2O3. The van der Waals surface area contributed by atoms with Gasteiger partial charge in [0.05, 0.1) is 6.54 Å². The van der Waals surface area contributed by atoms with Crippen LogP contribution in [0.15, 0.2) is 0 Å². The number of hydrogen-bond donors (Lipinski definition) is 3. The standard InChI is InChI=1S/C12H22N2O3/c1-3-13-8-10(15)14-12(11(16)17)6-4-5-9(2)7-12/h9,13H,3-8H2,1-2H3,(H,14,15)(H,16,17). The highest BCUT2D eigenvalue weighted by Crippen LogP contribution is 2.32. The van der Waals surface area contributed by atoms with Crippen LogP contribution in [0.5, 0.6) is 0 Å². The fourth-order valence-electron chi connectivity index (χ4n) is 2.46. The van der Waals surface area contributed by atoms with Crippen molar-refractivity contribution in [1.29, 1.82) is 0 Å². The molecule has 1 fully saturated rings. The molecule has 17 heavy (non-hydrogen) atoms. The molecule has 5 heteroatoms. The molecule has 1 saturated carbocycles. The fourth-order valence-corrected chi connectivity index (χ4v) is 2.46. The van der Waals surface area contributed by atoms with Crippen LogP contribution in [0.2, 0.25) is 0 Å². The Morgan fingerprint density at radius 2 is 2.18 bits per heavy atom. The molecule has 0 saturated heterocycles. The van der Waals surface area contributed by atoms with E-state index in [2.05, 4.69) is 10.6 Å². The SMILES string of the molecule is CCNCC(=O)NC1(C(=O)O)CCCC(C)C1. The zero-order valence-electron chi connectivity index (χ0n) is 10.6. The summed E-state index contributed by atoms with van der Waals surface area (Å²) in [5.74, 6) is -0.795. The monoisotopic (exact) mass is 242 g/mol. The number of carboxylic acid groups (broad SMARTS) is 1. The molecular weight excluding hydrogens is 220 g/mol. The van der Waals surface area contributed by atoms with Gasteiger partial charge in [-0.15, -0.1) is 0 Å². The quantitative estimate of drug-likeness (QED) is 0.664. The first-order valence-electron chi connectivity index (χ1n) is 6.25. The van der Waals surface area contributed by atoms with Crippen LogP contribution < -0.4 is 10.6 Å². The average Bonchev–Trinajstić information content (AvgIpc) is 2.26. The van der Waals surface area contributed by atoms with Crippen molar-refractivity contribution in [2.45, 2.75) is 45.1 Å². The number of amides is 1. The Morgan fingerprint density at radius 1 is 1.47 bits per heavy atom. The van der Waals surface area contributed by atoms with Gasteiger partial charge in [-0.25, -0.2) is 4.79 Å². The minimum Gasteiger partial charge on any atom is -0.480 e. The van der Waals surface area contributed by atoms with E-state index in [0.29, 0.717) is 25.3 Å². The Labute approximate surface area is 102 Å². The molecule has 2 atom stereocenters. The van der Waals surface area contributed by atoms with Gasteiger partial charge in [-0.2, -0.15) is 0 Å². The summed E-state index contributed by atoms with van der Waals surface area (Å²) < 4.78 is 0. The van der Waals surface area contributed by atoms with Crippen LogP contribution in [0.3, 0.4) is 0 Å². The molecule has 0 aromatic carbocycles. The van der Waals surface area contributed by atoms with Crippen LogP contribution in [0.1, 0.15) is 39.5 Å². The van der Waals surface area contributed by atoms with E-state index in [-0.39, 0.29) is 12.5 Å². The van der Waals surface area contributed by atoms with Gasteiger partial charge in [-0.05, 0) is 25.3 Å². The number of carbonyl (C=O) groups is 2. The van der Waals surface area contributed by atoms with Crippen molar-refractivity contribution in [1.82, 2.24) is 10.6 Å². The molecule has 0 bridgehead atoms. The minimum absolute atomic E-state index is 0.180. The van der Waals surface area contributed by atoms with E-state index >= 15 is 0 Å². The molecule has 0 spiro atoms. The minimum atomic E-state index is -1.05. The molecule has 3 N–H and O–H groups in total. The lowest BCUT2D eigenvalue weighted by atomic mass is 9.76. The molecule has 2 unspecified atom stereocenters. The van der Waals surface area contributed by atoms with E-state index in [1.165, 1.54) is 0 Å². The number of carboxylic acids is 1. The molecule has 98 valence electrons. The lowest BCUT2D eigenvalue weighted by molar-refractivity contribution is -0.149. The predicted molar refractivity (Wildman–Crippen MR) is 64.7 cm³/mol. The lowest BCUT2D eigenvalue weighted by Gasteiger charge is -2.37. The highest BCUT2D eigenvalue weighted by molar-refractivity contribution is 5.88. The van der Waals surface area contributed by atoms with E-state index in [0.717, 1.165) is 12.8 Å². The van der Waals surface area contributed by atoms with Crippen molar-refractivity contribution < 1.29 is 14.7 Å². The van der Waals surface area contributed by atoms with Crippen LogP contribution in [-0.2, 0) is 9.59 Å². The van der Waals surface area contributed by atoms with Crippen molar-refractivity contribution in [3.8, 4) is 0 Å². The van der Waals surface area contributed by atoms with Gasteiger partial charge >= 0.3 is 5.97 Å². The maximum atomic E-state index is 11.6. The summed E-state index contributed by atoms with van der Waals surface area (Å²) >= 11 is 0. The summed E-state index contributed by atoms with van der Waals surface area (Å²) in [6.45, 7) is 4.82. The van der Waals surface area contributed by atoms with Gasteiger partial charge < -0.3 is 15.7 Å². The van der Waals surface area contributed by atoms with Gasteiger partial charge in [0.15, 0.2) is 0 Å². The molecule has 0 aromatic rings. The van der Waals surface area contributed by atoms with Gasteiger partial charge in [-0.3, -0.25) is 4.79 Å². The van der Waals surface area contributed by atoms with Crippen LogP contribution >= 0.6 is 0 Å². The fraction of sp³-hybridized carbons (Fsp3) is 0.833. The predicted octanol–water partition coefficient (Wildman–Crippen LogP) is 0.746. The van der Waals surface area contributed by atoms with E-state index in [9.17, 15) is 14.7 Å². The zero-order valence-corrected chi connectivity index (χ0v) is 10.6. The molecule has 1 rings (SSSR count). The second-order valence-corrected chi connectivity index (χ2v) is 4.92. The normalized spacial score (nSPS) is 28.7. The maximum absolute atomic E-state index is 11.6. The van der Waals surface area contributed by atoms with Crippen LogP contribution in [0.4, 0.5) is 0 Å². The summed E-state index contributed by atoms with van der Waals surface area (Å²) in [7, 11) is 0. The van der Waals surface area contributed by atoms with Gasteiger partial charge in [0, 0.05) is 0 Å². The summed E-state index contributed by atoms with van der Waals surface area (Å²) in [6.07, 6.45) is 2.96. The third-order valence-electron chi connectivity index (χ3n) is 3.32. The number of rotatable bonds is 5. The summed E-state index contributed by atoms with van der Waals surface area (Å²) in [5.41, 5.74) is -1.05. The molecule has 0 radical (unpaired) electrons. The summed E-state index contributed by atoms with van der Waals surface area (Å²) in [6, 6.07) is 0. The second kappa shape index (κ2) is 6.00. The first-order valence-corrected chi connectivity index (χ1v) is 6.25. The smallest absolute Gasteiger partial charge is 0.329 e. The maximum Gasteiger partial charge on any atom is 0.329 e. The van der Waals surface area contributed by atoms with Crippen LogP contribution in [0, 0.1) is 5.92 Å². The van der Waals surface area contributed by atoms with Crippen molar-refractivity contribution in [2.24, 2.45) is 5.92 Å². The molecule has 1 aliphatic carbocycles. The van der Waals surface area contributed by atoms with E-state index in [1.807, 2.05) is 13.8 Å². The van der Waals surface area contributed by atoms with Crippen molar-refractivity contribution >= 4 is 11.9 Å². The first-order chi connectivity index (χ1) is 8.00. The van der Waals surface area contributed by atoms with Crippen molar-refractivity contribution in [3.63, 3.8) is 0 Å². The summed E-state index contributed by atoms with van der Waals surface area (Å²) in [4.78, 5) is 23.0. The van der Waals surface area contributed by atoms with Gasteiger partial charge in [0.25, 0.3) is 0 Å². The molecule has 0 aliphatic heterocycles. The van der Waals surface area contributed by atoms with Gasteiger partial charge in [-0.1, -0.05) is 26.7 Å². The van der Waals surface area contributed by atoms with E-state index in [4.69, 9.17) is 0 Å². The topological polar surface area (TPSA) is 78.4 Å². The number of nitrogens with one attached hydrogen (secondary N) is 2. The molecule has 1 aliphatic rings. The third-order valence-corrected chi connectivity index (χ3v) is 3.32. The largest absolute Gasteiger partial charge is 0.480 e. The Morgan fingerprint density at radius 3 is 2.71 bits per heavy atom. The van der Waals surface area contributed by atoms with Crippen LogP contribution in [0.25, 0.3) is 0 Å². The summed E-state index contributed by atoms with van der Waals surface area (Å²) in [5, 5.41) is 14.9. The molecule has 1 amide bonds.